The zero-order valence-electron chi connectivity index (χ0n) is 7.89. The summed E-state index contributed by atoms with van der Waals surface area (Å²) in [6.45, 7) is 7.77. The van der Waals surface area contributed by atoms with Gasteiger partial charge in [-0.3, -0.25) is 11.3 Å². The molecule has 0 bridgehead atoms. The lowest BCUT2D eigenvalue weighted by molar-refractivity contribution is 0.623. The Labute approximate surface area is 72.8 Å². The highest BCUT2D eigenvalue weighted by Crippen LogP contribution is 2.09. The van der Waals surface area contributed by atoms with Gasteiger partial charge < -0.3 is 4.57 Å². The van der Waals surface area contributed by atoms with Crippen molar-refractivity contribution in [2.75, 3.05) is 0 Å². The lowest BCUT2D eigenvalue weighted by Gasteiger charge is -2.05. The predicted octanol–water partition coefficient (Wildman–Crippen LogP) is 0.483. The molecule has 12 heavy (non-hydrogen) atoms. The molecule has 0 atom stereocenters. The second kappa shape index (κ2) is 3.69. The Morgan fingerprint density at radius 1 is 1.50 bits per heavy atom. The fraction of sp³-hybridized carbons (Fsp3) is 0.625. The summed E-state index contributed by atoms with van der Waals surface area (Å²) < 4.78 is 2.16. The van der Waals surface area contributed by atoms with Crippen LogP contribution in [0.1, 0.15) is 24.1 Å². The van der Waals surface area contributed by atoms with Gasteiger partial charge in [-0.1, -0.05) is 0 Å². The molecule has 3 N–H and O–H groups in total. The van der Waals surface area contributed by atoms with Gasteiger partial charge in [-0.05, 0) is 20.8 Å². The molecule has 1 rings (SSSR count). The van der Waals surface area contributed by atoms with Gasteiger partial charge in [0.25, 0.3) is 0 Å². The monoisotopic (exact) mass is 168 g/mol. The molecule has 0 aliphatic heterocycles. The summed E-state index contributed by atoms with van der Waals surface area (Å²) in [6, 6.07) is 0. The molecule has 0 unspecified atom stereocenters. The molecule has 1 heterocycles. The Bertz CT molecular complexity index is 264. The molecule has 68 valence electrons. The zero-order chi connectivity index (χ0) is 9.14. The van der Waals surface area contributed by atoms with Gasteiger partial charge in [0.05, 0.1) is 12.2 Å². The Morgan fingerprint density at radius 3 is 2.67 bits per heavy atom. The van der Waals surface area contributed by atoms with Gasteiger partial charge in [0.15, 0.2) is 0 Å². The molecule has 0 radical (unpaired) electrons. The molecule has 0 amide bonds. The van der Waals surface area contributed by atoms with Crippen LogP contribution in [0.4, 0.5) is 0 Å². The van der Waals surface area contributed by atoms with E-state index in [4.69, 9.17) is 5.84 Å². The van der Waals surface area contributed by atoms with Crippen molar-refractivity contribution < 1.29 is 0 Å². The fourth-order valence-electron chi connectivity index (χ4n) is 1.37. The summed E-state index contributed by atoms with van der Waals surface area (Å²) >= 11 is 0. The van der Waals surface area contributed by atoms with Gasteiger partial charge in [-0.25, -0.2) is 4.98 Å². The molecule has 0 saturated carbocycles. The molecule has 1 aromatic heterocycles. The summed E-state index contributed by atoms with van der Waals surface area (Å²) in [5.74, 6) is 6.25. The molecule has 1 aromatic rings. The Hall–Kier alpha value is -0.870. The van der Waals surface area contributed by atoms with Crippen molar-refractivity contribution in [3.63, 3.8) is 0 Å². The van der Waals surface area contributed by atoms with E-state index in [9.17, 15) is 0 Å². The minimum Gasteiger partial charge on any atom is -0.331 e. The van der Waals surface area contributed by atoms with Crippen molar-refractivity contribution in [1.82, 2.24) is 15.0 Å². The number of nitrogens with zero attached hydrogens (tertiary/aromatic N) is 2. The number of hydrogen-bond donors (Lipinski definition) is 2. The molecule has 0 fully saturated rings. The fourth-order valence-corrected chi connectivity index (χ4v) is 1.37. The van der Waals surface area contributed by atoms with E-state index >= 15 is 0 Å². The Kier molecular flexibility index (Phi) is 2.83. The zero-order valence-corrected chi connectivity index (χ0v) is 7.89. The molecular formula is C8H16N4. The minimum atomic E-state index is 0.628. The van der Waals surface area contributed by atoms with Crippen molar-refractivity contribution in [2.24, 2.45) is 5.84 Å². The molecule has 0 spiro atoms. The summed E-state index contributed by atoms with van der Waals surface area (Å²) in [5.41, 5.74) is 4.93. The van der Waals surface area contributed by atoms with Gasteiger partial charge in [0.2, 0.25) is 0 Å². The maximum Gasteiger partial charge on any atom is 0.124 e. The van der Waals surface area contributed by atoms with Crippen LogP contribution in [0.2, 0.25) is 0 Å². The average molecular weight is 168 g/mol. The van der Waals surface area contributed by atoms with E-state index in [2.05, 4.69) is 28.8 Å². The van der Waals surface area contributed by atoms with Crippen molar-refractivity contribution in [3.05, 3.63) is 17.2 Å². The highest BCUT2D eigenvalue weighted by molar-refractivity contribution is 5.13. The highest BCUT2D eigenvalue weighted by atomic mass is 15.2. The van der Waals surface area contributed by atoms with E-state index in [1.54, 1.807) is 0 Å². The number of aryl methyl sites for hydroxylation is 1. The van der Waals surface area contributed by atoms with Crippen LogP contribution >= 0.6 is 0 Å². The maximum atomic E-state index is 5.24. The number of nitrogens with one attached hydrogen (secondary N) is 1. The molecule has 0 aromatic carbocycles. The van der Waals surface area contributed by atoms with Crippen LogP contribution in [0.15, 0.2) is 0 Å². The van der Waals surface area contributed by atoms with Crippen LogP contribution < -0.4 is 11.3 Å². The quantitative estimate of drug-likeness (QED) is 0.510. The molecular weight excluding hydrogens is 152 g/mol. The molecule has 0 saturated heterocycles. The predicted molar refractivity (Wildman–Crippen MR) is 48.4 cm³/mol. The first-order valence-electron chi connectivity index (χ1n) is 4.16. The topological polar surface area (TPSA) is 55.9 Å². The standard InChI is InChI=1S/C8H16N4/c1-4-12-7(3)6(2)11-8(12)5-10-9/h10H,4-5,9H2,1-3H3. The van der Waals surface area contributed by atoms with Gasteiger partial charge in [0.1, 0.15) is 5.82 Å². The van der Waals surface area contributed by atoms with Gasteiger partial charge in [-0.2, -0.15) is 0 Å². The Balaban J connectivity index is 3.02. The van der Waals surface area contributed by atoms with Gasteiger partial charge in [-0.15, -0.1) is 0 Å². The van der Waals surface area contributed by atoms with Crippen LogP contribution in [0.5, 0.6) is 0 Å². The van der Waals surface area contributed by atoms with E-state index < -0.39 is 0 Å². The van der Waals surface area contributed by atoms with Crippen LogP contribution in [-0.2, 0) is 13.1 Å². The third-order valence-electron chi connectivity index (χ3n) is 2.11. The number of rotatable bonds is 3. The lowest BCUT2D eigenvalue weighted by atomic mass is 10.4. The van der Waals surface area contributed by atoms with E-state index in [1.165, 1.54) is 5.69 Å². The normalized spacial score (nSPS) is 10.7. The first-order chi connectivity index (χ1) is 5.70. The van der Waals surface area contributed by atoms with Crippen molar-refractivity contribution in [3.8, 4) is 0 Å². The van der Waals surface area contributed by atoms with Crippen molar-refractivity contribution >= 4 is 0 Å². The third-order valence-corrected chi connectivity index (χ3v) is 2.11. The highest BCUT2D eigenvalue weighted by Gasteiger charge is 2.07. The van der Waals surface area contributed by atoms with E-state index in [0.717, 1.165) is 18.1 Å². The summed E-state index contributed by atoms with van der Waals surface area (Å²) in [5, 5.41) is 0. The second-order valence-electron chi connectivity index (χ2n) is 2.82. The lowest BCUT2D eigenvalue weighted by Crippen LogP contribution is -2.23. The van der Waals surface area contributed by atoms with Crippen LogP contribution in [0, 0.1) is 13.8 Å². The molecule has 4 heteroatoms. The second-order valence-corrected chi connectivity index (χ2v) is 2.82. The third kappa shape index (κ3) is 1.49. The van der Waals surface area contributed by atoms with E-state index in [-0.39, 0.29) is 0 Å². The van der Waals surface area contributed by atoms with Crippen LogP contribution in [-0.4, -0.2) is 9.55 Å². The number of hydrogen-bond acceptors (Lipinski definition) is 3. The number of imidazole rings is 1. The summed E-state index contributed by atoms with van der Waals surface area (Å²) in [4.78, 5) is 4.39. The van der Waals surface area contributed by atoms with E-state index in [1.807, 2.05) is 6.92 Å². The Morgan fingerprint density at radius 2 is 2.17 bits per heavy atom. The average Bonchev–Trinajstić information content (AvgIpc) is 2.29. The molecule has 0 aliphatic carbocycles. The maximum absolute atomic E-state index is 5.24. The van der Waals surface area contributed by atoms with Crippen LogP contribution in [0.3, 0.4) is 0 Å². The molecule has 4 nitrogen and oxygen atoms in total. The van der Waals surface area contributed by atoms with Crippen molar-refractivity contribution in [1.29, 1.82) is 0 Å². The first kappa shape index (κ1) is 9.22. The van der Waals surface area contributed by atoms with Gasteiger partial charge >= 0.3 is 0 Å². The number of nitrogens with two attached hydrogens (primary N) is 1. The van der Waals surface area contributed by atoms with Crippen LogP contribution in [0.25, 0.3) is 0 Å². The van der Waals surface area contributed by atoms with E-state index in [0.29, 0.717) is 6.54 Å². The summed E-state index contributed by atoms with van der Waals surface area (Å²) in [6.07, 6.45) is 0. The largest absolute Gasteiger partial charge is 0.331 e. The van der Waals surface area contributed by atoms with Crippen molar-refractivity contribution in [2.45, 2.75) is 33.9 Å². The SMILES string of the molecule is CCn1c(CNN)nc(C)c1C. The minimum absolute atomic E-state index is 0.628. The summed E-state index contributed by atoms with van der Waals surface area (Å²) in [7, 11) is 0. The molecule has 0 aliphatic rings. The number of aromatic nitrogens is 2. The first-order valence-corrected chi connectivity index (χ1v) is 4.16. The number of hydrazine groups is 1. The van der Waals surface area contributed by atoms with Gasteiger partial charge in [0, 0.05) is 12.2 Å². The smallest absolute Gasteiger partial charge is 0.124 e.